The van der Waals surface area contributed by atoms with Crippen LogP contribution in [-0.2, 0) is 6.54 Å². The van der Waals surface area contributed by atoms with Gasteiger partial charge in [0.05, 0.1) is 5.52 Å². The van der Waals surface area contributed by atoms with E-state index in [1.165, 1.54) is 6.07 Å². The summed E-state index contributed by atoms with van der Waals surface area (Å²) in [6, 6.07) is 5.35. The quantitative estimate of drug-likeness (QED) is 0.751. The Morgan fingerprint density at radius 2 is 2.21 bits per heavy atom. The Hall–Kier alpha value is -1.35. The summed E-state index contributed by atoms with van der Waals surface area (Å²) in [5.41, 5.74) is 2.66. The maximum atomic E-state index is 13.2. The normalized spacial score (nSPS) is 11.1. The fraction of sp³-hybridized carbons (Fsp3) is 0.273. The molecule has 74 valence electrons. The minimum atomic E-state index is -0.157. The predicted molar refractivity (Wildman–Crippen MR) is 55.8 cm³/mol. The van der Waals surface area contributed by atoms with E-state index in [4.69, 9.17) is 0 Å². The highest BCUT2D eigenvalue weighted by Crippen LogP contribution is 2.21. The van der Waals surface area contributed by atoms with Crippen LogP contribution in [0.25, 0.3) is 10.9 Å². The van der Waals surface area contributed by atoms with E-state index in [9.17, 15) is 4.39 Å². The number of halogens is 1. The van der Waals surface area contributed by atoms with Gasteiger partial charge in [0.25, 0.3) is 0 Å². The number of aromatic nitrogens is 1. The van der Waals surface area contributed by atoms with Gasteiger partial charge in [0.15, 0.2) is 0 Å². The van der Waals surface area contributed by atoms with Crippen molar-refractivity contribution in [1.82, 2.24) is 10.3 Å². The lowest BCUT2D eigenvalue weighted by Crippen LogP contribution is -2.04. The third kappa shape index (κ3) is 1.40. The van der Waals surface area contributed by atoms with Gasteiger partial charge in [-0.2, -0.15) is 0 Å². The first kappa shape index (κ1) is 9.21. The van der Waals surface area contributed by atoms with E-state index in [0.717, 1.165) is 23.1 Å². The lowest BCUT2D eigenvalue weighted by Gasteiger charge is -1.97. The Morgan fingerprint density at radius 3 is 2.93 bits per heavy atom. The molecule has 0 amide bonds. The number of rotatable bonds is 2. The summed E-state index contributed by atoms with van der Waals surface area (Å²) in [4.78, 5) is 3.20. The van der Waals surface area contributed by atoms with Crippen LogP contribution in [0.15, 0.2) is 18.2 Å². The molecule has 1 aromatic heterocycles. The fourth-order valence-corrected chi connectivity index (χ4v) is 1.66. The molecule has 3 heteroatoms. The number of aromatic amines is 1. The SMILES string of the molecule is CNCc1cc2ccc(F)c(C)c2[nH]1. The molecule has 0 spiro atoms. The number of aryl methyl sites for hydroxylation is 1. The Balaban J connectivity index is 2.59. The Kier molecular flexibility index (Phi) is 2.25. The van der Waals surface area contributed by atoms with E-state index in [0.29, 0.717) is 5.56 Å². The molecule has 0 aliphatic heterocycles. The zero-order valence-electron chi connectivity index (χ0n) is 8.32. The van der Waals surface area contributed by atoms with Gasteiger partial charge in [-0.25, -0.2) is 4.39 Å². The summed E-state index contributed by atoms with van der Waals surface area (Å²) in [6.45, 7) is 2.56. The molecule has 0 saturated carbocycles. The topological polar surface area (TPSA) is 27.8 Å². The van der Waals surface area contributed by atoms with Gasteiger partial charge in [-0.05, 0) is 32.2 Å². The van der Waals surface area contributed by atoms with Crippen LogP contribution in [0.3, 0.4) is 0 Å². The summed E-state index contributed by atoms with van der Waals surface area (Å²) in [6.07, 6.45) is 0. The molecule has 1 heterocycles. The third-order valence-electron chi connectivity index (χ3n) is 2.41. The molecule has 0 unspecified atom stereocenters. The molecule has 2 nitrogen and oxygen atoms in total. The summed E-state index contributed by atoms with van der Waals surface area (Å²) in [5, 5.41) is 4.12. The number of hydrogen-bond donors (Lipinski definition) is 2. The zero-order chi connectivity index (χ0) is 10.1. The number of H-pyrrole nitrogens is 1. The number of hydrogen-bond acceptors (Lipinski definition) is 1. The van der Waals surface area contributed by atoms with Crippen molar-refractivity contribution in [3.05, 3.63) is 35.3 Å². The zero-order valence-corrected chi connectivity index (χ0v) is 8.32. The molecule has 0 fully saturated rings. The first-order valence-electron chi connectivity index (χ1n) is 4.63. The average molecular weight is 192 g/mol. The molecule has 0 aliphatic rings. The molecule has 0 saturated heterocycles. The molecule has 2 aromatic rings. The summed E-state index contributed by atoms with van der Waals surface area (Å²) < 4.78 is 13.2. The van der Waals surface area contributed by atoms with Crippen molar-refractivity contribution in [2.24, 2.45) is 0 Å². The second-order valence-electron chi connectivity index (χ2n) is 3.46. The highest BCUT2D eigenvalue weighted by Gasteiger charge is 2.05. The van der Waals surface area contributed by atoms with Gasteiger partial charge >= 0.3 is 0 Å². The van der Waals surface area contributed by atoms with Gasteiger partial charge in [0, 0.05) is 23.2 Å². The molecule has 0 radical (unpaired) electrons. The van der Waals surface area contributed by atoms with Crippen molar-refractivity contribution in [1.29, 1.82) is 0 Å². The minimum absolute atomic E-state index is 0.157. The molecule has 2 rings (SSSR count). The van der Waals surface area contributed by atoms with Gasteiger partial charge in [0.2, 0.25) is 0 Å². The second-order valence-corrected chi connectivity index (χ2v) is 3.46. The van der Waals surface area contributed by atoms with Crippen LogP contribution in [0.4, 0.5) is 4.39 Å². The lowest BCUT2D eigenvalue weighted by atomic mass is 10.1. The van der Waals surface area contributed by atoms with E-state index in [1.807, 2.05) is 13.1 Å². The fourth-order valence-electron chi connectivity index (χ4n) is 1.66. The monoisotopic (exact) mass is 192 g/mol. The van der Waals surface area contributed by atoms with Crippen molar-refractivity contribution in [3.8, 4) is 0 Å². The summed E-state index contributed by atoms with van der Waals surface area (Å²) >= 11 is 0. The average Bonchev–Trinajstić information content (AvgIpc) is 2.56. The van der Waals surface area contributed by atoms with E-state index >= 15 is 0 Å². The van der Waals surface area contributed by atoms with Gasteiger partial charge in [0.1, 0.15) is 5.82 Å². The number of nitrogens with one attached hydrogen (secondary N) is 2. The molecule has 2 N–H and O–H groups in total. The Morgan fingerprint density at radius 1 is 1.43 bits per heavy atom. The van der Waals surface area contributed by atoms with Crippen LogP contribution >= 0.6 is 0 Å². The highest BCUT2D eigenvalue weighted by atomic mass is 19.1. The van der Waals surface area contributed by atoms with Gasteiger partial charge in [-0.15, -0.1) is 0 Å². The minimum Gasteiger partial charge on any atom is -0.357 e. The van der Waals surface area contributed by atoms with Crippen molar-refractivity contribution in [2.45, 2.75) is 13.5 Å². The van der Waals surface area contributed by atoms with Crippen molar-refractivity contribution in [2.75, 3.05) is 7.05 Å². The predicted octanol–water partition coefficient (Wildman–Crippen LogP) is 2.33. The summed E-state index contributed by atoms with van der Waals surface area (Å²) in [7, 11) is 1.89. The Bertz CT molecular complexity index is 460. The number of fused-ring (bicyclic) bond motifs is 1. The lowest BCUT2D eigenvalue weighted by molar-refractivity contribution is 0.620. The van der Waals surface area contributed by atoms with Gasteiger partial charge < -0.3 is 10.3 Å². The maximum absolute atomic E-state index is 13.2. The first-order chi connectivity index (χ1) is 6.72. The van der Waals surface area contributed by atoms with Crippen LogP contribution in [0.2, 0.25) is 0 Å². The van der Waals surface area contributed by atoms with Crippen molar-refractivity contribution >= 4 is 10.9 Å². The largest absolute Gasteiger partial charge is 0.357 e. The van der Waals surface area contributed by atoms with E-state index < -0.39 is 0 Å². The smallest absolute Gasteiger partial charge is 0.128 e. The van der Waals surface area contributed by atoms with Crippen LogP contribution < -0.4 is 5.32 Å². The van der Waals surface area contributed by atoms with E-state index in [1.54, 1.807) is 13.0 Å². The van der Waals surface area contributed by atoms with Crippen LogP contribution in [0, 0.1) is 12.7 Å². The number of benzene rings is 1. The van der Waals surface area contributed by atoms with Crippen LogP contribution in [0.5, 0.6) is 0 Å². The third-order valence-corrected chi connectivity index (χ3v) is 2.41. The summed E-state index contributed by atoms with van der Waals surface area (Å²) in [5.74, 6) is -0.157. The molecular weight excluding hydrogens is 179 g/mol. The molecule has 0 bridgehead atoms. The van der Waals surface area contributed by atoms with Crippen LogP contribution in [-0.4, -0.2) is 12.0 Å². The molecule has 0 atom stereocenters. The van der Waals surface area contributed by atoms with Crippen molar-refractivity contribution in [3.63, 3.8) is 0 Å². The van der Waals surface area contributed by atoms with Gasteiger partial charge in [-0.3, -0.25) is 0 Å². The molecule has 0 aliphatic carbocycles. The van der Waals surface area contributed by atoms with E-state index in [2.05, 4.69) is 10.3 Å². The molecule has 1 aromatic carbocycles. The maximum Gasteiger partial charge on any atom is 0.128 e. The molecule has 14 heavy (non-hydrogen) atoms. The van der Waals surface area contributed by atoms with Gasteiger partial charge in [-0.1, -0.05) is 0 Å². The van der Waals surface area contributed by atoms with Crippen LogP contribution in [0.1, 0.15) is 11.3 Å². The van der Waals surface area contributed by atoms with Crippen molar-refractivity contribution < 1.29 is 4.39 Å². The Labute approximate surface area is 82.1 Å². The second kappa shape index (κ2) is 3.42. The molecular formula is C11H13FN2. The standard InChI is InChI=1S/C11H13FN2/c1-7-10(12)4-3-8-5-9(6-13-2)14-11(7)8/h3-5,13-14H,6H2,1-2H3. The highest BCUT2D eigenvalue weighted by molar-refractivity contribution is 5.83. The van der Waals surface area contributed by atoms with E-state index in [-0.39, 0.29) is 5.82 Å². The first-order valence-corrected chi connectivity index (χ1v) is 4.63.